The van der Waals surface area contributed by atoms with Gasteiger partial charge in [-0.05, 0) is 18.2 Å². The molecular formula is C12H10ClNO. The summed E-state index contributed by atoms with van der Waals surface area (Å²) in [6, 6.07) is 7.65. The minimum Gasteiger partial charge on any atom is -0.497 e. The van der Waals surface area contributed by atoms with Gasteiger partial charge in [0.2, 0.25) is 0 Å². The lowest BCUT2D eigenvalue weighted by atomic mass is 10.1. The van der Waals surface area contributed by atoms with Crippen LogP contribution in [-0.2, 0) is 0 Å². The first kappa shape index (κ1) is 9.99. The fourth-order valence-electron chi connectivity index (χ4n) is 1.41. The third kappa shape index (κ3) is 1.81. The summed E-state index contributed by atoms with van der Waals surface area (Å²) in [7, 11) is 1.63. The van der Waals surface area contributed by atoms with Crippen LogP contribution in [0.3, 0.4) is 0 Å². The fourth-order valence-corrected chi connectivity index (χ4v) is 1.63. The topological polar surface area (TPSA) is 22.1 Å². The number of benzene rings is 1. The van der Waals surface area contributed by atoms with Gasteiger partial charge in [-0.1, -0.05) is 24.3 Å². The predicted octanol–water partition coefficient (Wildman–Crippen LogP) is 3.54. The number of hydrogen-bond acceptors (Lipinski definition) is 2. The van der Waals surface area contributed by atoms with Crippen molar-refractivity contribution in [3.8, 4) is 5.75 Å². The van der Waals surface area contributed by atoms with Gasteiger partial charge in [-0.15, -0.1) is 0 Å². The van der Waals surface area contributed by atoms with Crippen LogP contribution in [0.15, 0.2) is 30.8 Å². The van der Waals surface area contributed by atoms with Gasteiger partial charge in [0, 0.05) is 17.0 Å². The molecule has 0 fully saturated rings. The number of halogens is 1. The van der Waals surface area contributed by atoms with Crippen LogP contribution in [0, 0.1) is 0 Å². The molecular weight excluding hydrogens is 210 g/mol. The maximum absolute atomic E-state index is 5.98. The number of ether oxygens (including phenoxy) is 1. The van der Waals surface area contributed by atoms with E-state index in [1.165, 1.54) is 0 Å². The molecule has 1 aromatic heterocycles. The van der Waals surface area contributed by atoms with E-state index < -0.39 is 0 Å². The Morgan fingerprint density at radius 1 is 1.40 bits per heavy atom. The highest BCUT2D eigenvalue weighted by Crippen LogP contribution is 2.24. The Balaban J connectivity index is 2.70. The maximum atomic E-state index is 5.98. The largest absolute Gasteiger partial charge is 0.497 e. The van der Waals surface area contributed by atoms with Crippen molar-refractivity contribution in [2.24, 2.45) is 0 Å². The van der Waals surface area contributed by atoms with Gasteiger partial charge in [-0.2, -0.15) is 0 Å². The number of rotatable bonds is 2. The molecule has 0 radical (unpaired) electrons. The highest BCUT2D eigenvalue weighted by molar-refractivity contribution is 6.31. The van der Waals surface area contributed by atoms with Crippen LogP contribution in [-0.4, -0.2) is 12.1 Å². The van der Waals surface area contributed by atoms with Crippen LogP contribution in [0.4, 0.5) is 0 Å². The molecule has 0 bridgehead atoms. The molecule has 2 rings (SSSR count). The van der Waals surface area contributed by atoms with Gasteiger partial charge in [-0.25, -0.2) is 4.98 Å². The number of methoxy groups -OCH3 is 1. The lowest BCUT2D eigenvalue weighted by molar-refractivity contribution is 0.415. The Morgan fingerprint density at radius 3 is 2.87 bits per heavy atom. The van der Waals surface area contributed by atoms with E-state index in [-0.39, 0.29) is 0 Å². The van der Waals surface area contributed by atoms with Crippen LogP contribution in [0.5, 0.6) is 5.75 Å². The van der Waals surface area contributed by atoms with Crippen LogP contribution in [0.1, 0.15) is 5.56 Å². The lowest BCUT2D eigenvalue weighted by Gasteiger charge is -2.04. The molecule has 76 valence electrons. The van der Waals surface area contributed by atoms with Gasteiger partial charge in [0.1, 0.15) is 10.9 Å². The second kappa shape index (κ2) is 3.91. The minimum atomic E-state index is 0.464. The van der Waals surface area contributed by atoms with Crippen molar-refractivity contribution >= 4 is 28.6 Å². The Bertz CT molecular complexity index is 522. The van der Waals surface area contributed by atoms with E-state index in [2.05, 4.69) is 11.6 Å². The molecule has 2 aromatic rings. The molecule has 0 spiro atoms. The van der Waals surface area contributed by atoms with Gasteiger partial charge in [0.25, 0.3) is 0 Å². The number of fused-ring (bicyclic) bond motifs is 1. The molecule has 3 heteroatoms. The predicted molar refractivity (Wildman–Crippen MR) is 63.4 cm³/mol. The summed E-state index contributed by atoms with van der Waals surface area (Å²) < 4.78 is 5.12. The molecule has 0 saturated carbocycles. The second-order valence-corrected chi connectivity index (χ2v) is 3.49. The zero-order chi connectivity index (χ0) is 10.8. The summed E-state index contributed by atoms with van der Waals surface area (Å²) >= 11 is 5.98. The highest BCUT2D eigenvalue weighted by Gasteiger charge is 2.03. The van der Waals surface area contributed by atoms with E-state index in [9.17, 15) is 0 Å². The maximum Gasteiger partial charge on any atom is 0.136 e. The van der Waals surface area contributed by atoms with Crippen molar-refractivity contribution in [2.45, 2.75) is 0 Å². The monoisotopic (exact) mass is 219 g/mol. The molecule has 15 heavy (non-hydrogen) atoms. The minimum absolute atomic E-state index is 0.464. The smallest absolute Gasteiger partial charge is 0.136 e. The molecule has 0 aliphatic heterocycles. The molecule has 1 heterocycles. The van der Waals surface area contributed by atoms with Crippen LogP contribution < -0.4 is 4.74 Å². The summed E-state index contributed by atoms with van der Waals surface area (Å²) in [4.78, 5) is 4.27. The van der Waals surface area contributed by atoms with Crippen molar-refractivity contribution < 1.29 is 4.74 Å². The molecule has 0 amide bonds. The Morgan fingerprint density at radius 2 is 2.20 bits per heavy atom. The van der Waals surface area contributed by atoms with Crippen molar-refractivity contribution in [3.63, 3.8) is 0 Å². The van der Waals surface area contributed by atoms with E-state index in [1.54, 1.807) is 13.2 Å². The zero-order valence-electron chi connectivity index (χ0n) is 8.33. The van der Waals surface area contributed by atoms with E-state index in [4.69, 9.17) is 16.3 Å². The van der Waals surface area contributed by atoms with Gasteiger partial charge >= 0.3 is 0 Å². The van der Waals surface area contributed by atoms with Crippen molar-refractivity contribution in [3.05, 3.63) is 41.6 Å². The van der Waals surface area contributed by atoms with Gasteiger partial charge in [0.15, 0.2) is 0 Å². The Labute approximate surface area is 93.2 Å². The number of aromatic nitrogens is 1. The first-order valence-electron chi connectivity index (χ1n) is 4.51. The van der Waals surface area contributed by atoms with E-state index in [0.717, 1.165) is 22.2 Å². The normalized spacial score (nSPS) is 10.3. The average Bonchev–Trinajstić information content (AvgIpc) is 2.27. The molecule has 1 aromatic carbocycles. The lowest BCUT2D eigenvalue weighted by Crippen LogP contribution is -1.87. The molecule has 0 unspecified atom stereocenters. The fraction of sp³-hybridized carbons (Fsp3) is 0.0833. The molecule has 0 aliphatic rings. The van der Waals surface area contributed by atoms with Crippen molar-refractivity contribution in [1.29, 1.82) is 0 Å². The Hall–Kier alpha value is -1.54. The van der Waals surface area contributed by atoms with Gasteiger partial charge in [0.05, 0.1) is 12.6 Å². The third-order valence-corrected chi connectivity index (χ3v) is 2.53. The zero-order valence-corrected chi connectivity index (χ0v) is 9.08. The summed E-state index contributed by atoms with van der Waals surface area (Å²) in [6.45, 7) is 3.68. The highest BCUT2D eigenvalue weighted by atomic mass is 35.5. The van der Waals surface area contributed by atoms with Crippen LogP contribution in [0.2, 0.25) is 5.15 Å². The van der Waals surface area contributed by atoms with Crippen LogP contribution >= 0.6 is 11.6 Å². The molecule has 0 atom stereocenters. The summed E-state index contributed by atoms with van der Waals surface area (Å²) in [5.41, 5.74) is 1.67. The van der Waals surface area contributed by atoms with Gasteiger partial charge in [-0.3, -0.25) is 0 Å². The van der Waals surface area contributed by atoms with Crippen LogP contribution in [0.25, 0.3) is 17.0 Å². The quantitative estimate of drug-likeness (QED) is 0.721. The number of pyridine rings is 1. The summed E-state index contributed by atoms with van der Waals surface area (Å²) in [5, 5.41) is 1.49. The summed E-state index contributed by atoms with van der Waals surface area (Å²) in [6.07, 6.45) is 1.69. The second-order valence-electron chi connectivity index (χ2n) is 3.13. The first-order valence-corrected chi connectivity index (χ1v) is 4.89. The van der Waals surface area contributed by atoms with E-state index in [0.29, 0.717) is 5.15 Å². The molecule has 2 nitrogen and oxygen atoms in total. The van der Waals surface area contributed by atoms with Gasteiger partial charge < -0.3 is 4.74 Å². The first-order chi connectivity index (χ1) is 7.24. The molecule has 0 saturated heterocycles. The Kier molecular flexibility index (Phi) is 2.60. The third-order valence-electron chi connectivity index (χ3n) is 2.23. The SMILES string of the molecule is C=Cc1cc2ccc(OC)cc2nc1Cl. The average molecular weight is 220 g/mol. The standard InChI is InChI=1S/C12H10ClNO/c1-3-8-6-9-4-5-10(15-2)7-11(9)14-12(8)13/h3-7H,1H2,2H3. The molecule has 0 aliphatic carbocycles. The van der Waals surface area contributed by atoms with E-state index in [1.807, 2.05) is 24.3 Å². The van der Waals surface area contributed by atoms with E-state index >= 15 is 0 Å². The van der Waals surface area contributed by atoms with Crippen molar-refractivity contribution in [1.82, 2.24) is 4.98 Å². The summed E-state index contributed by atoms with van der Waals surface area (Å²) in [5.74, 6) is 0.775. The van der Waals surface area contributed by atoms with Crippen molar-refractivity contribution in [2.75, 3.05) is 7.11 Å². The molecule has 0 N–H and O–H groups in total. The number of hydrogen-bond donors (Lipinski definition) is 0. The number of nitrogens with zero attached hydrogens (tertiary/aromatic N) is 1.